The average Bonchev–Trinajstić information content (AvgIpc) is 2.91. The van der Waals surface area contributed by atoms with E-state index in [1.54, 1.807) is 0 Å². The normalized spacial score (nSPS) is 11.0. The van der Waals surface area contributed by atoms with E-state index in [1.165, 1.54) is 18.2 Å². The molecule has 0 amide bonds. The summed E-state index contributed by atoms with van der Waals surface area (Å²) < 4.78 is 32.5. The maximum Gasteiger partial charge on any atom is 0.221 e. The Balaban J connectivity index is 1.88. The number of rotatable bonds is 8. The number of nitrogens with one attached hydrogen (secondary N) is 1. The van der Waals surface area contributed by atoms with Crippen LogP contribution in [0.25, 0.3) is 0 Å². The van der Waals surface area contributed by atoms with Crippen molar-refractivity contribution in [3.63, 3.8) is 0 Å². The number of nitrogens with zero attached hydrogens (tertiary/aromatic N) is 2. The van der Waals surface area contributed by atoms with Crippen molar-refractivity contribution in [3.05, 3.63) is 47.2 Å². The van der Waals surface area contributed by atoms with Crippen LogP contribution in [0.15, 0.2) is 22.6 Å². The van der Waals surface area contributed by atoms with Crippen LogP contribution >= 0.6 is 0 Å². The first-order valence-electron chi connectivity index (χ1n) is 7.15. The molecule has 0 unspecified atom stereocenters. The third-order valence-electron chi connectivity index (χ3n) is 3.07. The molecule has 2 aromatic rings. The van der Waals surface area contributed by atoms with Gasteiger partial charge in [0.25, 0.3) is 0 Å². The lowest BCUT2D eigenvalue weighted by molar-refractivity contribution is 0.443. The van der Waals surface area contributed by atoms with Crippen LogP contribution in [0.3, 0.4) is 0 Å². The van der Waals surface area contributed by atoms with Crippen molar-refractivity contribution in [2.45, 2.75) is 32.6 Å². The molecule has 0 radical (unpaired) electrons. The van der Waals surface area contributed by atoms with Crippen LogP contribution in [0.5, 0.6) is 0 Å². The van der Waals surface area contributed by atoms with Crippen molar-refractivity contribution in [2.24, 2.45) is 0 Å². The summed E-state index contributed by atoms with van der Waals surface area (Å²) in [6.45, 7) is 3.98. The molecule has 0 spiro atoms. The van der Waals surface area contributed by atoms with Crippen LogP contribution in [-0.2, 0) is 12.8 Å². The summed E-state index contributed by atoms with van der Waals surface area (Å²) in [5, 5.41) is 11.0. The second-order valence-corrected chi connectivity index (χ2v) is 4.82. The van der Waals surface area contributed by atoms with Gasteiger partial charge in [-0.1, -0.05) is 13.0 Å². The van der Waals surface area contributed by atoms with Gasteiger partial charge < -0.3 is 9.73 Å². The number of halogens is 2. The highest BCUT2D eigenvalue weighted by atomic mass is 19.1. The van der Waals surface area contributed by atoms with Crippen LogP contribution in [-0.4, -0.2) is 23.3 Å². The highest BCUT2D eigenvalue weighted by molar-refractivity contribution is 5.22. The molecule has 0 bridgehead atoms. The molecule has 0 aliphatic heterocycles. The summed E-state index contributed by atoms with van der Waals surface area (Å²) in [6.07, 6.45) is 2.61. The number of aryl methyl sites for hydroxylation is 1. The molecule has 21 heavy (non-hydrogen) atoms. The van der Waals surface area contributed by atoms with E-state index < -0.39 is 11.6 Å². The summed E-state index contributed by atoms with van der Waals surface area (Å²) in [6, 6.07) is 3.76. The lowest BCUT2D eigenvalue weighted by atomic mass is 10.1. The fourth-order valence-electron chi connectivity index (χ4n) is 1.98. The zero-order valence-electron chi connectivity index (χ0n) is 12.0. The molecule has 0 saturated carbocycles. The highest BCUT2D eigenvalue weighted by Crippen LogP contribution is 2.16. The van der Waals surface area contributed by atoms with Crippen LogP contribution in [0.4, 0.5) is 8.78 Å². The first kappa shape index (κ1) is 15.6. The fraction of sp³-hybridized carbons (Fsp3) is 0.467. The standard InChI is InChI=1S/C15H19F2N3O/c1-2-8-18-9-4-7-14-19-20-15(21-14)10-11-12(16)5-3-6-13(11)17/h3,5-6,18H,2,4,7-10H2,1H3. The minimum absolute atomic E-state index is 0.0282. The number of benzene rings is 1. The van der Waals surface area contributed by atoms with E-state index in [9.17, 15) is 8.78 Å². The molecule has 6 heteroatoms. The van der Waals surface area contributed by atoms with Gasteiger partial charge in [-0.2, -0.15) is 0 Å². The van der Waals surface area contributed by atoms with Crippen molar-refractivity contribution >= 4 is 0 Å². The van der Waals surface area contributed by atoms with Gasteiger partial charge in [-0.15, -0.1) is 10.2 Å². The van der Waals surface area contributed by atoms with E-state index in [2.05, 4.69) is 22.4 Å². The molecule has 0 saturated heterocycles. The lowest BCUT2D eigenvalue weighted by Crippen LogP contribution is -2.16. The second-order valence-electron chi connectivity index (χ2n) is 4.82. The Hall–Kier alpha value is -1.82. The van der Waals surface area contributed by atoms with Crippen LogP contribution in [0, 0.1) is 11.6 Å². The van der Waals surface area contributed by atoms with E-state index in [1.807, 2.05) is 0 Å². The first-order chi connectivity index (χ1) is 10.2. The highest BCUT2D eigenvalue weighted by Gasteiger charge is 2.13. The van der Waals surface area contributed by atoms with E-state index in [4.69, 9.17) is 4.42 Å². The van der Waals surface area contributed by atoms with Crippen molar-refractivity contribution in [1.29, 1.82) is 0 Å². The molecule has 0 fully saturated rings. The molecule has 1 heterocycles. The maximum absolute atomic E-state index is 13.5. The van der Waals surface area contributed by atoms with Gasteiger partial charge in [0.2, 0.25) is 11.8 Å². The molecular formula is C15H19F2N3O. The van der Waals surface area contributed by atoms with Gasteiger partial charge in [0, 0.05) is 12.0 Å². The summed E-state index contributed by atoms with van der Waals surface area (Å²) in [5.74, 6) is -0.465. The molecule has 1 N–H and O–H groups in total. The SMILES string of the molecule is CCCNCCCc1nnc(Cc2c(F)cccc2F)o1. The van der Waals surface area contributed by atoms with Crippen molar-refractivity contribution < 1.29 is 13.2 Å². The second kappa shape index (κ2) is 7.83. The smallest absolute Gasteiger partial charge is 0.221 e. The topological polar surface area (TPSA) is 51.0 Å². The van der Waals surface area contributed by atoms with E-state index >= 15 is 0 Å². The molecule has 1 aromatic heterocycles. The predicted octanol–water partition coefficient (Wildman–Crippen LogP) is 2.87. The van der Waals surface area contributed by atoms with Gasteiger partial charge in [-0.05, 0) is 38.1 Å². The Kier molecular flexibility index (Phi) is 5.80. The molecule has 1 aromatic carbocycles. The van der Waals surface area contributed by atoms with E-state index in [0.29, 0.717) is 12.3 Å². The Morgan fingerprint density at radius 3 is 2.52 bits per heavy atom. The minimum atomic E-state index is -0.599. The lowest BCUT2D eigenvalue weighted by Gasteiger charge is -2.01. The molecule has 114 valence electrons. The van der Waals surface area contributed by atoms with Crippen LogP contribution in [0.1, 0.15) is 37.1 Å². The Morgan fingerprint density at radius 2 is 1.81 bits per heavy atom. The number of aromatic nitrogens is 2. The average molecular weight is 295 g/mol. The quantitative estimate of drug-likeness (QED) is 0.761. The maximum atomic E-state index is 13.5. The monoisotopic (exact) mass is 295 g/mol. The van der Waals surface area contributed by atoms with Crippen molar-refractivity contribution in [3.8, 4) is 0 Å². The molecule has 0 atom stereocenters. The van der Waals surface area contributed by atoms with Gasteiger partial charge in [0.15, 0.2) is 0 Å². The Labute approximate surface area is 122 Å². The largest absolute Gasteiger partial charge is 0.425 e. The Bertz CT molecular complexity index is 552. The van der Waals surface area contributed by atoms with Crippen LogP contribution < -0.4 is 5.32 Å². The zero-order chi connectivity index (χ0) is 15.1. The fourth-order valence-corrected chi connectivity index (χ4v) is 1.98. The molecule has 0 aliphatic rings. The van der Waals surface area contributed by atoms with Gasteiger partial charge in [0.05, 0.1) is 6.42 Å². The third kappa shape index (κ3) is 4.60. The third-order valence-corrected chi connectivity index (χ3v) is 3.07. The molecule has 0 aliphatic carbocycles. The molecule has 2 rings (SSSR count). The summed E-state index contributed by atoms with van der Waals surface area (Å²) in [5.41, 5.74) is -0.0442. The van der Waals surface area contributed by atoms with Gasteiger partial charge >= 0.3 is 0 Å². The summed E-state index contributed by atoms with van der Waals surface area (Å²) in [4.78, 5) is 0. The number of hydrogen-bond acceptors (Lipinski definition) is 4. The van der Waals surface area contributed by atoms with Gasteiger partial charge in [-0.3, -0.25) is 0 Å². The molecular weight excluding hydrogens is 276 g/mol. The predicted molar refractivity (Wildman–Crippen MR) is 74.9 cm³/mol. The summed E-state index contributed by atoms with van der Waals surface area (Å²) in [7, 11) is 0. The Morgan fingerprint density at radius 1 is 1.10 bits per heavy atom. The minimum Gasteiger partial charge on any atom is -0.425 e. The van der Waals surface area contributed by atoms with Crippen LogP contribution in [0.2, 0.25) is 0 Å². The number of hydrogen-bond donors (Lipinski definition) is 1. The van der Waals surface area contributed by atoms with Gasteiger partial charge in [0.1, 0.15) is 11.6 Å². The van der Waals surface area contributed by atoms with Crippen molar-refractivity contribution in [1.82, 2.24) is 15.5 Å². The molecule has 4 nitrogen and oxygen atoms in total. The van der Waals surface area contributed by atoms with E-state index in [0.717, 1.165) is 25.9 Å². The van der Waals surface area contributed by atoms with Crippen molar-refractivity contribution in [2.75, 3.05) is 13.1 Å². The first-order valence-corrected chi connectivity index (χ1v) is 7.15. The summed E-state index contributed by atoms with van der Waals surface area (Å²) >= 11 is 0. The zero-order valence-corrected chi connectivity index (χ0v) is 12.0. The van der Waals surface area contributed by atoms with E-state index in [-0.39, 0.29) is 17.9 Å². The van der Waals surface area contributed by atoms with Gasteiger partial charge in [-0.25, -0.2) is 8.78 Å².